The smallest absolute Gasteiger partial charge is 0.118 e. The normalized spacial score (nSPS) is 29.2. The van der Waals surface area contributed by atoms with Crippen molar-refractivity contribution in [3.63, 3.8) is 0 Å². The first-order valence-electron chi connectivity index (χ1n) is 8.94. The van der Waals surface area contributed by atoms with Gasteiger partial charge >= 0.3 is 0 Å². The fourth-order valence-electron chi connectivity index (χ4n) is 3.17. The first kappa shape index (κ1) is 20.4. The number of hydrogen-bond acceptors (Lipinski definition) is 4. The van der Waals surface area contributed by atoms with Crippen LogP contribution in [0.5, 0.6) is 0 Å². The van der Waals surface area contributed by atoms with Crippen molar-refractivity contribution < 1.29 is 20.1 Å². The Labute approximate surface area is 141 Å². The minimum atomic E-state index is -0.625. The molecule has 1 aliphatic carbocycles. The van der Waals surface area contributed by atoms with Gasteiger partial charge in [0.1, 0.15) is 6.10 Å². The Morgan fingerprint density at radius 2 is 1.87 bits per heavy atom. The van der Waals surface area contributed by atoms with Crippen LogP contribution in [-0.2, 0) is 4.74 Å². The Hall–Kier alpha value is -0.600. The molecule has 0 radical (unpaired) electrons. The summed E-state index contributed by atoms with van der Waals surface area (Å²) in [5.74, 6) is 5.90. The van der Waals surface area contributed by atoms with Crippen molar-refractivity contribution in [1.82, 2.24) is 0 Å². The van der Waals surface area contributed by atoms with E-state index in [0.717, 1.165) is 25.7 Å². The van der Waals surface area contributed by atoms with Gasteiger partial charge in [-0.3, -0.25) is 0 Å². The zero-order chi connectivity index (χ0) is 17.5. The third-order valence-electron chi connectivity index (χ3n) is 4.29. The number of aliphatic hydroxyl groups is 3. The summed E-state index contributed by atoms with van der Waals surface area (Å²) in [7, 11) is 0. The van der Waals surface area contributed by atoms with Gasteiger partial charge in [0.05, 0.1) is 23.7 Å². The lowest BCUT2D eigenvalue weighted by molar-refractivity contribution is -0.0375. The first-order valence-corrected chi connectivity index (χ1v) is 8.94. The van der Waals surface area contributed by atoms with Gasteiger partial charge in [-0.15, -0.1) is 0 Å². The van der Waals surface area contributed by atoms with E-state index in [-0.39, 0.29) is 30.1 Å². The van der Waals surface area contributed by atoms with Gasteiger partial charge in [0, 0.05) is 18.9 Å². The van der Waals surface area contributed by atoms with Crippen LogP contribution in [0.25, 0.3) is 0 Å². The lowest BCUT2D eigenvalue weighted by atomic mass is 9.91. The van der Waals surface area contributed by atoms with Crippen molar-refractivity contribution in [2.24, 2.45) is 11.8 Å². The molecular weight excluding hydrogens is 292 g/mol. The fourth-order valence-corrected chi connectivity index (χ4v) is 3.17. The Morgan fingerprint density at radius 3 is 2.43 bits per heavy atom. The lowest BCUT2D eigenvalue weighted by Gasteiger charge is -2.25. The number of unbranched alkanes of at least 4 members (excludes halogenated alkanes) is 2. The summed E-state index contributed by atoms with van der Waals surface area (Å²) in [5, 5.41) is 29.3. The molecule has 0 heterocycles. The molecule has 0 saturated heterocycles. The molecule has 134 valence electrons. The topological polar surface area (TPSA) is 69.9 Å². The second kappa shape index (κ2) is 9.64. The van der Waals surface area contributed by atoms with Crippen LogP contribution in [0.1, 0.15) is 66.2 Å². The quantitative estimate of drug-likeness (QED) is 0.496. The zero-order valence-electron chi connectivity index (χ0n) is 15.1. The number of aliphatic hydroxyl groups excluding tert-OH is 3. The third-order valence-corrected chi connectivity index (χ3v) is 4.29. The van der Waals surface area contributed by atoms with Crippen molar-refractivity contribution in [3.05, 3.63) is 0 Å². The van der Waals surface area contributed by atoms with Crippen LogP contribution in [0.2, 0.25) is 0 Å². The fraction of sp³-hybridized carbons (Fsp3) is 0.895. The largest absolute Gasteiger partial charge is 0.396 e. The Balaban J connectivity index is 2.78. The lowest BCUT2D eigenvalue weighted by Crippen LogP contribution is -2.27. The van der Waals surface area contributed by atoms with E-state index >= 15 is 0 Å². The molecule has 4 heteroatoms. The second-order valence-corrected chi connectivity index (χ2v) is 7.58. The van der Waals surface area contributed by atoms with Gasteiger partial charge in [-0.25, -0.2) is 0 Å². The van der Waals surface area contributed by atoms with E-state index in [0.29, 0.717) is 12.8 Å². The first-order chi connectivity index (χ1) is 10.8. The number of rotatable bonds is 7. The van der Waals surface area contributed by atoms with Crippen LogP contribution in [-0.4, -0.2) is 45.8 Å². The highest BCUT2D eigenvalue weighted by atomic mass is 16.5. The molecule has 0 unspecified atom stereocenters. The van der Waals surface area contributed by atoms with Crippen molar-refractivity contribution in [3.8, 4) is 11.8 Å². The van der Waals surface area contributed by atoms with E-state index in [1.807, 2.05) is 20.8 Å². The summed E-state index contributed by atoms with van der Waals surface area (Å²) in [6.07, 6.45) is 3.71. The zero-order valence-corrected chi connectivity index (χ0v) is 15.1. The molecule has 0 bridgehead atoms. The maximum atomic E-state index is 10.1. The summed E-state index contributed by atoms with van der Waals surface area (Å²) in [5.41, 5.74) is -0.260. The van der Waals surface area contributed by atoms with Crippen LogP contribution in [0.15, 0.2) is 0 Å². The predicted octanol–water partition coefficient (Wildman–Crippen LogP) is 2.49. The van der Waals surface area contributed by atoms with Gasteiger partial charge in [-0.1, -0.05) is 31.6 Å². The van der Waals surface area contributed by atoms with Gasteiger partial charge in [0.25, 0.3) is 0 Å². The maximum Gasteiger partial charge on any atom is 0.118 e. The van der Waals surface area contributed by atoms with E-state index < -0.39 is 12.2 Å². The molecule has 5 atom stereocenters. The minimum absolute atomic E-state index is 0.00501. The van der Waals surface area contributed by atoms with Gasteiger partial charge < -0.3 is 20.1 Å². The Morgan fingerprint density at radius 1 is 1.17 bits per heavy atom. The van der Waals surface area contributed by atoms with E-state index in [1.54, 1.807) is 0 Å². The van der Waals surface area contributed by atoms with Crippen LogP contribution < -0.4 is 0 Å². The van der Waals surface area contributed by atoms with Gasteiger partial charge in [0.2, 0.25) is 0 Å². The number of ether oxygens (including phenoxy) is 1. The molecule has 1 aliphatic rings. The number of hydrogen-bond donors (Lipinski definition) is 3. The SMILES string of the molecule is CCCCC[C@H](C#C[C@@H]1[C@@H](CCO)[C@@H](O)C[C@H]1O)OC(C)(C)C. The molecule has 0 spiro atoms. The van der Waals surface area contributed by atoms with Crippen molar-refractivity contribution in [1.29, 1.82) is 0 Å². The van der Waals surface area contributed by atoms with Crippen molar-refractivity contribution in [2.75, 3.05) is 6.61 Å². The molecule has 0 aliphatic heterocycles. The average Bonchev–Trinajstić information content (AvgIpc) is 2.70. The molecule has 0 aromatic carbocycles. The van der Waals surface area contributed by atoms with Crippen LogP contribution in [0.4, 0.5) is 0 Å². The summed E-state index contributed by atoms with van der Waals surface area (Å²) in [6, 6.07) is 0. The van der Waals surface area contributed by atoms with Crippen LogP contribution in [0, 0.1) is 23.7 Å². The highest BCUT2D eigenvalue weighted by Gasteiger charge is 2.40. The Kier molecular flexibility index (Phi) is 8.57. The summed E-state index contributed by atoms with van der Waals surface area (Å²) >= 11 is 0. The summed E-state index contributed by atoms with van der Waals surface area (Å²) in [6.45, 7) is 8.23. The molecule has 3 N–H and O–H groups in total. The second-order valence-electron chi connectivity index (χ2n) is 7.58. The Bertz CT molecular complexity index is 390. The monoisotopic (exact) mass is 326 g/mol. The van der Waals surface area contributed by atoms with Gasteiger partial charge in [-0.2, -0.15) is 0 Å². The van der Waals surface area contributed by atoms with Crippen LogP contribution in [0.3, 0.4) is 0 Å². The predicted molar refractivity (Wildman–Crippen MR) is 91.9 cm³/mol. The molecule has 0 aromatic heterocycles. The highest BCUT2D eigenvalue weighted by molar-refractivity contribution is 5.15. The van der Waals surface area contributed by atoms with Crippen molar-refractivity contribution >= 4 is 0 Å². The van der Waals surface area contributed by atoms with Crippen molar-refractivity contribution in [2.45, 2.75) is 90.1 Å². The molecule has 1 saturated carbocycles. The molecule has 1 rings (SSSR count). The highest BCUT2D eigenvalue weighted by Crippen LogP contribution is 2.34. The van der Waals surface area contributed by atoms with Gasteiger partial charge in [-0.05, 0) is 40.0 Å². The summed E-state index contributed by atoms with van der Waals surface area (Å²) in [4.78, 5) is 0. The molecular formula is C19H34O4. The van der Waals surface area contributed by atoms with Crippen LogP contribution >= 0.6 is 0 Å². The van der Waals surface area contributed by atoms with E-state index in [2.05, 4.69) is 18.8 Å². The molecule has 4 nitrogen and oxygen atoms in total. The maximum absolute atomic E-state index is 10.1. The molecule has 0 aromatic rings. The average molecular weight is 326 g/mol. The third kappa shape index (κ3) is 7.22. The van der Waals surface area contributed by atoms with E-state index in [9.17, 15) is 10.2 Å². The molecule has 0 amide bonds. The molecule has 1 fully saturated rings. The van der Waals surface area contributed by atoms with Gasteiger partial charge in [0.15, 0.2) is 0 Å². The van der Waals surface area contributed by atoms with E-state index in [1.165, 1.54) is 0 Å². The minimum Gasteiger partial charge on any atom is -0.396 e. The molecule has 23 heavy (non-hydrogen) atoms. The summed E-state index contributed by atoms with van der Waals surface area (Å²) < 4.78 is 6.03. The van der Waals surface area contributed by atoms with E-state index in [4.69, 9.17) is 9.84 Å². The standard InChI is InChI=1S/C19H34O4/c1-5-6-7-8-14(23-19(2,3)4)9-10-15-16(11-12-20)18(22)13-17(15)21/h14-18,20-22H,5-8,11-13H2,1-4H3/t14-,15-,16-,17-,18+/m1/s1.